The summed E-state index contributed by atoms with van der Waals surface area (Å²) in [5, 5.41) is 0. The first-order chi connectivity index (χ1) is 19.1. The zero-order valence-corrected chi connectivity index (χ0v) is 25.5. The van der Waals surface area contributed by atoms with Crippen molar-refractivity contribution in [2.75, 3.05) is 39.8 Å². The Balaban J connectivity index is 0.000000296. The summed E-state index contributed by atoms with van der Waals surface area (Å²) in [7, 11) is -1.81. The Kier molecular flexibility index (Phi) is 13.6. The average Bonchev–Trinajstić information content (AvgIpc) is 2.97. The quantitative estimate of drug-likeness (QED) is 0.224. The lowest BCUT2D eigenvalue weighted by atomic mass is 9.75. The molecule has 0 N–H and O–H groups in total. The smallest absolute Gasteiger partial charge is 0.243 e. The fraction of sp³-hybridized carbons (Fsp3) is 0.469. The van der Waals surface area contributed by atoms with E-state index < -0.39 is 15.8 Å². The van der Waals surface area contributed by atoms with Crippen LogP contribution in [0.3, 0.4) is 0 Å². The number of rotatable bonds is 12. The molecule has 1 heterocycles. The Morgan fingerprint density at radius 2 is 1.73 bits per heavy atom. The normalized spacial score (nSPS) is 15.8. The van der Waals surface area contributed by atoms with Gasteiger partial charge in [0.1, 0.15) is 5.82 Å². The molecule has 8 heteroatoms. The van der Waals surface area contributed by atoms with Crippen LogP contribution in [0.25, 0.3) is 0 Å². The highest BCUT2D eigenvalue weighted by Gasteiger charge is 2.36. The van der Waals surface area contributed by atoms with Gasteiger partial charge in [-0.05, 0) is 74.8 Å². The molecule has 2 aromatic carbocycles. The van der Waals surface area contributed by atoms with Crippen LogP contribution >= 0.6 is 0 Å². The van der Waals surface area contributed by atoms with Gasteiger partial charge in [-0.25, -0.2) is 12.8 Å². The van der Waals surface area contributed by atoms with Crippen molar-refractivity contribution in [3.05, 3.63) is 89.9 Å². The molecule has 0 aliphatic carbocycles. The van der Waals surface area contributed by atoms with Crippen LogP contribution < -0.4 is 0 Å². The first kappa shape index (κ1) is 33.2. The third-order valence-electron chi connectivity index (χ3n) is 7.42. The standard InChI is InChI=1S/C18H20FNO2S.C14H26N2O/c1-18(15-6-3-2-4-7-15)10-12-20(13-11-18)23(21,22)17-9-5-8-16(19)14-17;1-5-8-10-14(6-2)16(7-3)12-9-11-15(4)13-17/h2-9,14H,10-13H2,1H3;6,8,10,13H,5,7,9,11-12H2,1-4H3/b;10-8-,14-6+. The van der Waals surface area contributed by atoms with Crippen LogP contribution in [0.4, 0.5) is 4.39 Å². The highest BCUT2D eigenvalue weighted by atomic mass is 32.2. The van der Waals surface area contributed by atoms with Crippen LogP contribution in [0.2, 0.25) is 0 Å². The third-order valence-corrected chi connectivity index (χ3v) is 9.31. The van der Waals surface area contributed by atoms with Crippen molar-refractivity contribution < 1.29 is 17.6 Å². The molecule has 0 radical (unpaired) electrons. The van der Waals surface area contributed by atoms with Gasteiger partial charge in [0.05, 0.1) is 4.90 Å². The zero-order valence-electron chi connectivity index (χ0n) is 24.7. The number of nitrogens with zero attached hydrogens (tertiary/aromatic N) is 3. The lowest BCUT2D eigenvalue weighted by Gasteiger charge is -2.39. The van der Waals surface area contributed by atoms with E-state index >= 15 is 0 Å². The fourth-order valence-corrected chi connectivity index (χ4v) is 6.26. The summed E-state index contributed by atoms with van der Waals surface area (Å²) in [6, 6.07) is 15.4. The van der Waals surface area contributed by atoms with E-state index in [1.54, 1.807) is 4.90 Å². The lowest BCUT2D eigenvalue weighted by molar-refractivity contribution is -0.117. The van der Waals surface area contributed by atoms with Gasteiger partial charge in [0.25, 0.3) is 0 Å². The highest BCUT2D eigenvalue weighted by molar-refractivity contribution is 7.89. The molecule has 1 saturated heterocycles. The van der Waals surface area contributed by atoms with Crippen LogP contribution in [-0.4, -0.2) is 68.7 Å². The van der Waals surface area contributed by atoms with Crippen LogP contribution in [0.1, 0.15) is 58.9 Å². The van der Waals surface area contributed by atoms with E-state index in [-0.39, 0.29) is 10.3 Å². The second kappa shape index (κ2) is 16.3. The fourth-order valence-electron chi connectivity index (χ4n) is 4.78. The van der Waals surface area contributed by atoms with E-state index in [0.717, 1.165) is 57.8 Å². The number of hydrogen-bond acceptors (Lipinski definition) is 4. The van der Waals surface area contributed by atoms with Crippen LogP contribution in [0, 0.1) is 5.82 Å². The molecule has 1 aliphatic rings. The maximum Gasteiger partial charge on any atom is 0.243 e. The number of halogens is 1. The predicted molar refractivity (Wildman–Crippen MR) is 162 cm³/mol. The van der Waals surface area contributed by atoms with Crippen LogP contribution in [0.5, 0.6) is 0 Å². The van der Waals surface area contributed by atoms with Gasteiger partial charge < -0.3 is 9.80 Å². The molecule has 0 saturated carbocycles. The van der Waals surface area contributed by atoms with Crippen molar-refractivity contribution in [1.82, 2.24) is 14.1 Å². The Bertz CT molecular complexity index is 1210. The number of carbonyl (C=O) groups is 1. The molecule has 40 heavy (non-hydrogen) atoms. The monoisotopic (exact) mass is 571 g/mol. The van der Waals surface area contributed by atoms with Crippen molar-refractivity contribution in [1.29, 1.82) is 0 Å². The van der Waals surface area contributed by atoms with E-state index in [1.165, 1.54) is 33.8 Å². The Hall–Kier alpha value is -2.97. The first-order valence-electron chi connectivity index (χ1n) is 14.2. The molecule has 0 bridgehead atoms. The minimum atomic E-state index is -3.62. The zero-order chi connectivity index (χ0) is 29.6. The van der Waals surface area contributed by atoms with E-state index in [1.807, 2.05) is 25.2 Å². The number of allylic oxidation sites excluding steroid dienone is 3. The summed E-state index contributed by atoms with van der Waals surface area (Å²) >= 11 is 0. The number of hydrogen-bond donors (Lipinski definition) is 0. The Labute approximate surface area is 241 Å². The highest BCUT2D eigenvalue weighted by Crippen LogP contribution is 2.36. The van der Waals surface area contributed by atoms with Gasteiger partial charge in [-0.15, -0.1) is 0 Å². The summed E-state index contributed by atoms with van der Waals surface area (Å²) in [6.07, 6.45) is 10.9. The largest absolute Gasteiger partial charge is 0.372 e. The van der Waals surface area contributed by atoms with Gasteiger partial charge in [0.15, 0.2) is 0 Å². The molecule has 0 spiro atoms. The minimum absolute atomic E-state index is 0.0186. The molecule has 1 amide bonds. The van der Waals surface area contributed by atoms with Crippen molar-refractivity contribution in [3.8, 4) is 0 Å². The summed E-state index contributed by atoms with van der Waals surface area (Å²) in [5.74, 6) is -0.530. The number of benzene rings is 2. The van der Waals surface area contributed by atoms with E-state index in [9.17, 15) is 17.6 Å². The molecule has 220 valence electrons. The number of likely N-dealkylation sites (N-methyl/N-ethyl adjacent to an activating group) is 1. The van der Waals surface area contributed by atoms with Crippen molar-refractivity contribution in [2.45, 2.75) is 63.7 Å². The molecule has 6 nitrogen and oxygen atoms in total. The predicted octanol–water partition coefficient (Wildman–Crippen LogP) is 6.22. The van der Waals surface area contributed by atoms with Crippen molar-refractivity contribution >= 4 is 16.4 Å². The second-order valence-corrected chi connectivity index (χ2v) is 12.3. The molecule has 1 fully saturated rings. The number of piperidine rings is 1. The van der Waals surface area contributed by atoms with E-state index in [2.05, 4.69) is 63.0 Å². The average molecular weight is 572 g/mol. The molecular weight excluding hydrogens is 525 g/mol. The lowest BCUT2D eigenvalue weighted by Crippen LogP contribution is -2.43. The number of sulfonamides is 1. The molecule has 0 aromatic heterocycles. The van der Waals surface area contributed by atoms with Crippen LogP contribution in [0.15, 0.2) is 83.4 Å². The molecule has 3 rings (SSSR count). The maximum atomic E-state index is 13.3. The number of carbonyl (C=O) groups excluding carboxylic acids is 1. The molecular formula is C32H46FN3O3S. The SMILES string of the molecule is C/C=C(\C=C/CC)N(CC)CCCN(C)C=O.CC1(c2ccccc2)CCN(S(=O)(=O)c2cccc(F)c2)CC1. The summed E-state index contributed by atoms with van der Waals surface area (Å²) in [4.78, 5) is 14.5. The Morgan fingerprint density at radius 1 is 1.05 bits per heavy atom. The van der Waals surface area contributed by atoms with Crippen LogP contribution in [-0.2, 0) is 20.2 Å². The summed E-state index contributed by atoms with van der Waals surface area (Å²) in [5.41, 5.74) is 2.49. The topological polar surface area (TPSA) is 60.9 Å². The maximum absolute atomic E-state index is 13.3. The van der Waals surface area contributed by atoms with E-state index in [0.29, 0.717) is 13.1 Å². The van der Waals surface area contributed by atoms with Crippen molar-refractivity contribution in [2.24, 2.45) is 0 Å². The van der Waals surface area contributed by atoms with Gasteiger partial charge in [-0.2, -0.15) is 4.31 Å². The molecule has 2 aromatic rings. The van der Waals surface area contributed by atoms with Gasteiger partial charge in [-0.3, -0.25) is 4.79 Å². The molecule has 0 atom stereocenters. The van der Waals surface area contributed by atoms with Gasteiger partial charge in [0, 0.05) is 45.5 Å². The Morgan fingerprint density at radius 3 is 2.27 bits per heavy atom. The number of amides is 1. The minimum Gasteiger partial charge on any atom is -0.372 e. The van der Waals surface area contributed by atoms with Crippen molar-refractivity contribution in [3.63, 3.8) is 0 Å². The van der Waals surface area contributed by atoms with Gasteiger partial charge in [-0.1, -0.05) is 62.4 Å². The van der Waals surface area contributed by atoms with Gasteiger partial charge >= 0.3 is 0 Å². The third kappa shape index (κ3) is 9.59. The van der Waals surface area contributed by atoms with E-state index in [4.69, 9.17) is 0 Å². The van der Waals surface area contributed by atoms with Gasteiger partial charge in [0.2, 0.25) is 16.4 Å². The summed E-state index contributed by atoms with van der Waals surface area (Å²) in [6.45, 7) is 12.2. The molecule has 0 unspecified atom stereocenters. The summed E-state index contributed by atoms with van der Waals surface area (Å²) < 4.78 is 40.1. The first-order valence-corrected chi connectivity index (χ1v) is 15.6. The molecule has 1 aliphatic heterocycles. The second-order valence-electron chi connectivity index (χ2n) is 10.3.